The number of allylic oxidation sites excluding steroid dienone is 1. The van der Waals surface area contributed by atoms with Crippen LogP contribution < -0.4 is 10.6 Å². The van der Waals surface area contributed by atoms with Crippen molar-refractivity contribution < 1.29 is 4.79 Å². The molecule has 2 aliphatic rings. The minimum atomic E-state index is 0.417. The summed E-state index contributed by atoms with van der Waals surface area (Å²) in [5.74, 6) is 0.417. The lowest BCUT2D eigenvalue weighted by Crippen LogP contribution is -2.16. The number of carbonyl (C=O) groups excluding carboxylic acids is 1. The maximum Gasteiger partial charge on any atom is 0.123 e. The van der Waals surface area contributed by atoms with E-state index in [4.69, 9.17) is 11.6 Å². The van der Waals surface area contributed by atoms with Crippen molar-refractivity contribution in [2.75, 3.05) is 26.7 Å². The van der Waals surface area contributed by atoms with Gasteiger partial charge in [0.05, 0.1) is 0 Å². The van der Waals surface area contributed by atoms with Gasteiger partial charge in [0.1, 0.15) is 6.29 Å². The molecule has 1 saturated carbocycles. The molecule has 0 bridgehead atoms. The van der Waals surface area contributed by atoms with Gasteiger partial charge in [-0.15, -0.1) is 0 Å². The zero-order chi connectivity index (χ0) is 18.6. The van der Waals surface area contributed by atoms with Crippen LogP contribution in [0.4, 0.5) is 0 Å². The van der Waals surface area contributed by atoms with E-state index in [-0.39, 0.29) is 0 Å². The Bertz CT molecular complexity index is 580. The molecule has 4 heteroatoms. The largest absolute Gasteiger partial charge is 0.320 e. The molecule has 3 nitrogen and oxygen atoms in total. The van der Waals surface area contributed by atoms with E-state index in [1.807, 2.05) is 13.1 Å². The number of benzene rings is 1. The maximum atomic E-state index is 10.0. The van der Waals surface area contributed by atoms with Crippen molar-refractivity contribution in [1.82, 2.24) is 10.6 Å². The standard InChI is InChI=1S/C16H23ClN2.C6H10O/c1-18-10-4-2-3-5-15-14-9-12-19-11-8-13(14)6-7-16(15)17;7-5-6-3-1-2-4-6/h3,5-7,18-19H,2,4,8-12H2,1H3;5-6H,1-4H2/b5-3-;. The Morgan fingerprint density at radius 3 is 2.69 bits per heavy atom. The molecule has 0 spiro atoms. The zero-order valence-electron chi connectivity index (χ0n) is 16.0. The minimum Gasteiger partial charge on any atom is -0.320 e. The predicted molar refractivity (Wildman–Crippen MR) is 112 cm³/mol. The number of nitrogens with one attached hydrogen (secondary N) is 2. The summed E-state index contributed by atoms with van der Waals surface area (Å²) in [6.07, 6.45) is 14.8. The van der Waals surface area contributed by atoms with E-state index >= 15 is 0 Å². The monoisotopic (exact) mass is 376 g/mol. The van der Waals surface area contributed by atoms with Gasteiger partial charge in [-0.2, -0.15) is 0 Å². The fourth-order valence-electron chi connectivity index (χ4n) is 3.64. The molecular formula is C22H33ClN2O. The molecule has 26 heavy (non-hydrogen) atoms. The third kappa shape index (κ3) is 6.86. The number of hydrogen-bond donors (Lipinski definition) is 2. The summed E-state index contributed by atoms with van der Waals surface area (Å²) in [5, 5.41) is 7.50. The third-order valence-corrected chi connectivity index (χ3v) is 5.53. The fraction of sp³-hybridized carbons (Fsp3) is 0.591. The van der Waals surface area contributed by atoms with Crippen LogP contribution in [-0.2, 0) is 17.6 Å². The van der Waals surface area contributed by atoms with Gasteiger partial charge in [-0.1, -0.05) is 42.7 Å². The van der Waals surface area contributed by atoms with Crippen molar-refractivity contribution in [2.24, 2.45) is 5.92 Å². The molecule has 0 atom stereocenters. The highest BCUT2D eigenvalue weighted by Gasteiger charge is 2.13. The molecule has 2 N–H and O–H groups in total. The van der Waals surface area contributed by atoms with Gasteiger partial charge in [0.15, 0.2) is 0 Å². The van der Waals surface area contributed by atoms with Gasteiger partial charge in [0.25, 0.3) is 0 Å². The smallest absolute Gasteiger partial charge is 0.123 e. The number of rotatable bonds is 6. The number of fused-ring (bicyclic) bond motifs is 1. The molecule has 0 radical (unpaired) electrons. The summed E-state index contributed by atoms with van der Waals surface area (Å²) in [7, 11) is 1.99. The summed E-state index contributed by atoms with van der Waals surface area (Å²) < 4.78 is 0. The summed E-state index contributed by atoms with van der Waals surface area (Å²) in [6, 6.07) is 4.22. The highest BCUT2D eigenvalue weighted by Crippen LogP contribution is 2.27. The van der Waals surface area contributed by atoms with E-state index in [9.17, 15) is 4.79 Å². The zero-order valence-corrected chi connectivity index (χ0v) is 16.8. The maximum absolute atomic E-state index is 10.0. The minimum absolute atomic E-state index is 0.417. The molecule has 0 unspecified atom stereocenters. The quantitative estimate of drug-likeness (QED) is 0.570. The average molecular weight is 377 g/mol. The van der Waals surface area contributed by atoms with E-state index in [0.717, 1.165) is 63.0 Å². The van der Waals surface area contributed by atoms with Crippen molar-refractivity contribution in [2.45, 2.75) is 51.4 Å². The first-order chi connectivity index (χ1) is 12.8. The van der Waals surface area contributed by atoms with E-state index in [1.54, 1.807) is 0 Å². The van der Waals surface area contributed by atoms with Crippen LogP contribution in [-0.4, -0.2) is 33.0 Å². The third-order valence-electron chi connectivity index (χ3n) is 5.20. The lowest BCUT2D eigenvalue weighted by atomic mass is 9.96. The van der Waals surface area contributed by atoms with Crippen molar-refractivity contribution in [3.63, 3.8) is 0 Å². The number of hydrogen-bond acceptors (Lipinski definition) is 3. The van der Waals surface area contributed by atoms with Crippen LogP contribution in [0.15, 0.2) is 18.2 Å². The van der Waals surface area contributed by atoms with Crippen LogP contribution >= 0.6 is 11.6 Å². The SMILES string of the molecule is CNCCC/C=C\c1c(Cl)ccc2c1CCNCC2.O=CC1CCCC1. The van der Waals surface area contributed by atoms with Crippen molar-refractivity contribution in [3.05, 3.63) is 39.9 Å². The molecule has 1 fully saturated rings. The van der Waals surface area contributed by atoms with Crippen LogP contribution in [0.5, 0.6) is 0 Å². The van der Waals surface area contributed by atoms with Gasteiger partial charge in [-0.25, -0.2) is 0 Å². The second-order valence-corrected chi connectivity index (χ2v) is 7.58. The molecule has 1 aromatic carbocycles. The Balaban J connectivity index is 0.000000290. The normalized spacial score (nSPS) is 17.5. The van der Waals surface area contributed by atoms with Crippen LogP contribution in [0.2, 0.25) is 5.02 Å². The van der Waals surface area contributed by atoms with Crippen LogP contribution in [0.3, 0.4) is 0 Å². The predicted octanol–water partition coefficient (Wildman–Crippen LogP) is 4.42. The van der Waals surface area contributed by atoms with E-state index < -0.39 is 0 Å². The van der Waals surface area contributed by atoms with E-state index in [1.165, 1.54) is 36.0 Å². The topological polar surface area (TPSA) is 41.1 Å². The van der Waals surface area contributed by atoms with Gasteiger partial charge in [0.2, 0.25) is 0 Å². The van der Waals surface area contributed by atoms with Crippen molar-refractivity contribution >= 4 is 24.0 Å². The number of aldehydes is 1. The van der Waals surface area contributed by atoms with Gasteiger partial charge in [-0.3, -0.25) is 0 Å². The Hall–Kier alpha value is -1.16. The highest BCUT2D eigenvalue weighted by molar-refractivity contribution is 6.32. The second-order valence-electron chi connectivity index (χ2n) is 7.18. The first-order valence-electron chi connectivity index (χ1n) is 10.0. The van der Waals surface area contributed by atoms with Gasteiger partial charge >= 0.3 is 0 Å². The number of unbranched alkanes of at least 4 members (excludes halogenated alkanes) is 1. The summed E-state index contributed by atoms with van der Waals surface area (Å²) >= 11 is 6.37. The van der Waals surface area contributed by atoms with E-state index in [0.29, 0.717) is 5.92 Å². The molecule has 1 aliphatic carbocycles. The van der Waals surface area contributed by atoms with Crippen LogP contribution in [0.1, 0.15) is 55.2 Å². The molecule has 1 aliphatic heterocycles. The molecule has 0 saturated heterocycles. The molecule has 0 amide bonds. The van der Waals surface area contributed by atoms with E-state index in [2.05, 4.69) is 28.9 Å². The molecule has 3 rings (SSSR count). The lowest BCUT2D eigenvalue weighted by Gasteiger charge is -2.11. The summed E-state index contributed by atoms with van der Waals surface area (Å²) in [6.45, 7) is 3.18. The van der Waals surface area contributed by atoms with Crippen LogP contribution in [0, 0.1) is 5.92 Å². The molecule has 0 aromatic heterocycles. The van der Waals surface area contributed by atoms with Crippen molar-refractivity contribution in [1.29, 1.82) is 0 Å². The van der Waals surface area contributed by atoms with Gasteiger partial charge in [-0.05, 0) is 88.0 Å². The highest BCUT2D eigenvalue weighted by atomic mass is 35.5. The molecule has 144 valence electrons. The number of carbonyl (C=O) groups is 1. The van der Waals surface area contributed by atoms with Gasteiger partial charge < -0.3 is 15.4 Å². The Morgan fingerprint density at radius 1 is 1.23 bits per heavy atom. The average Bonchev–Trinajstić information content (AvgIpc) is 3.08. The first kappa shape index (κ1) is 21.1. The van der Waals surface area contributed by atoms with Crippen LogP contribution in [0.25, 0.3) is 6.08 Å². The Kier molecular flexibility index (Phi) is 9.98. The molecular weight excluding hydrogens is 344 g/mol. The fourth-order valence-corrected chi connectivity index (χ4v) is 3.88. The summed E-state index contributed by atoms with van der Waals surface area (Å²) in [5.41, 5.74) is 4.11. The second kappa shape index (κ2) is 12.3. The summed E-state index contributed by atoms with van der Waals surface area (Å²) in [4.78, 5) is 10.0. The van der Waals surface area contributed by atoms with Gasteiger partial charge in [0, 0.05) is 10.9 Å². The molecule has 1 aromatic rings. The number of halogens is 1. The Morgan fingerprint density at radius 2 is 2.00 bits per heavy atom. The molecule has 1 heterocycles. The Labute approximate surface area is 163 Å². The lowest BCUT2D eigenvalue weighted by molar-refractivity contribution is -0.110. The first-order valence-corrected chi connectivity index (χ1v) is 10.4. The van der Waals surface area contributed by atoms with Crippen molar-refractivity contribution in [3.8, 4) is 0 Å².